The summed E-state index contributed by atoms with van der Waals surface area (Å²) in [6, 6.07) is 4.76. The van der Waals surface area contributed by atoms with E-state index in [1.54, 1.807) is 42.2 Å². The number of aromatic nitrogens is 6. The fourth-order valence-electron chi connectivity index (χ4n) is 7.01. The molecule has 3 amide bonds. The molecule has 1 fully saturated rings. The Bertz CT molecular complexity index is 2140. The number of amides is 3. The number of carbonyl (C=O) groups excluding carboxylic acids is 4. The lowest BCUT2D eigenvalue weighted by molar-refractivity contribution is -0.159. The summed E-state index contributed by atoms with van der Waals surface area (Å²) >= 11 is 0. The predicted molar refractivity (Wildman–Crippen MR) is 205 cm³/mol. The van der Waals surface area contributed by atoms with E-state index < -0.39 is 48.1 Å². The molecule has 6 heterocycles. The van der Waals surface area contributed by atoms with E-state index in [9.17, 15) is 28.7 Å². The van der Waals surface area contributed by atoms with Crippen LogP contribution in [0.1, 0.15) is 62.8 Å². The molecule has 6 rings (SSSR count). The second-order valence-electron chi connectivity index (χ2n) is 14.6. The van der Waals surface area contributed by atoms with Crippen molar-refractivity contribution in [3.8, 4) is 11.4 Å². The number of esters is 1. The minimum atomic E-state index is -1.50. The molecule has 2 bridgehead atoms. The summed E-state index contributed by atoms with van der Waals surface area (Å²) in [6.45, 7) is 6.41. The van der Waals surface area contributed by atoms with Gasteiger partial charge in [-0.1, -0.05) is 55.0 Å². The minimum absolute atomic E-state index is 0.00627. The number of carbonyl (C=O) groups is 4. The number of allylic oxidation sites excluding steroid dienone is 2. The Hall–Kier alpha value is -5.97. The van der Waals surface area contributed by atoms with Gasteiger partial charge in [0.25, 0.3) is 5.91 Å². The van der Waals surface area contributed by atoms with Crippen LogP contribution in [-0.2, 0) is 32.1 Å². The molecular formula is C40H48FN9O7. The predicted octanol–water partition coefficient (Wildman–Crippen LogP) is 3.40. The van der Waals surface area contributed by atoms with Crippen LogP contribution in [0.5, 0.6) is 0 Å². The van der Waals surface area contributed by atoms with Crippen molar-refractivity contribution in [1.82, 2.24) is 44.9 Å². The number of nitrogens with one attached hydrogen (secondary N) is 2. The summed E-state index contributed by atoms with van der Waals surface area (Å²) in [4.78, 5) is 63.7. The number of fused-ring (bicyclic) bond motifs is 4. The number of pyridine rings is 1. The van der Waals surface area contributed by atoms with Gasteiger partial charge in [0.1, 0.15) is 35.9 Å². The largest absolute Gasteiger partial charge is 0.460 e. The third kappa shape index (κ3) is 10.7. The topological polar surface area (TPSA) is 199 Å². The number of nitrogens with zero attached hydrogens (tertiary/aromatic N) is 7. The number of aliphatic hydroxyl groups excluding tert-OH is 1. The highest BCUT2D eigenvalue weighted by molar-refractivity contribution is 5.95. The standard InChI is InChI=1S/C40H48FN9O7/c1-25(2)38-27(19-36(53)43-14-17-48-23-30(46-47-48)33-22-44-34-10-4-5-15-49(33)34)11-12-35(52)42-13-6-8-26(3)18-29(51)20-28(41)21-37-45-31(24-56-37)39(54)50-16-7-9-32(50)40(55)57-38/h4-6,8,10-12,15,18,22-25,27-29,32,38,51H,7,9,13-14,16-17,19-21H2,1-3H3,(H,42,52)(H,43,53)/b8-6?,12-11+,26-18?/t27-,28+,29+,32+,38+/m0/s1. The van der Waals surface area contributed by atoms with Gasteiger partial charge in [-0.2, -0.15) is 0 Å². The Kier molecular flexibility index (Phi) is 13.4. The summed E-state index contributed by atoms with van der Waals surface area (Å²) in [6.07, 6.45) is 11.1. The highest BCUT2D eigenvalue weighted by atomic mass is 19.1. The van der Waals surface area contributed by atoms with Gasteiger partial charge in [-0.05, 0) is 43.9 Å². The van der Waals surface area contributed by atoms with Gasteiger partial charge in [0, 0.05) is 44.6 Å². The Morgan fingerprint density at radius 2 is 2.02 bits per heavy atom. The van der Waals surface area contributed by atoms with Gasteiger partial charge in [0.05, 0.1) is 37.2 Å². The van der Waals surface area contributed by atoms with Crippen LogP contribution in [0.3, 0.4) is 0 Å². The first-order chi connectivity index (χ1) is 27.4. The van der Waals surface area contributed by atoms with Crippen LogP contribution in [0, 0.1) is 11.8 Å². The highest BCUT2D eigenvalue weighted by Gasteiger charge is 2.39. The third-order valence-electron chi connectivity index (χ3n) is 9.81. The van der Waals surface area contributed by atoms with E-state index in [-0.39, 0.29) is 62.3 Å². The molecule has 1 saturated heterocycles. The first kappa shape index (κ1) is 40.7. The van der Waals surface area contributed by atoms with Gasteiger partial charge in [-0.15, -0.1) is 5.10 Å². The number of halogens is 1. The van der Waals surface area contributed by atoms with Crippen molar-refractivity contribution in [1.29, 1.82) is 0 Å². The van der Waals surface area contributed by atoms with E-state index >= 15 is 0 Å². The number of aliphatic hydroxyl groups is 1. The summed E-state index contributed by atoms with van der Waals surface area (Å²) in [5.74, 6) is -2.99. The van der Waals surface area contributed by atoms with Crippen LogP contribution in [0.4, 0.5) is 4.39 Å². The molecule has 0 aliphatic carbocycles. The van der Waals surface area contributed by atoms with Crippen LogP contribution < -0.4 is 10.6 Å². The van der Waals surface area contributed by atoms with Crippen molar-refractivity contribution in [2.24, 2.45) is 11.8 Å². The molecule has 2 aliphatic rings. The van der Waals surface area contributed by atoms with E-state index in [2.05, 4.69) is 30.9 Å². The number of hydrogen-bond acceptors (Lipinski definition) is 11. The van der Waals surface area contributed by atoms with Crippen LogP contribution in [0.2, 0.25) is 0 Å². The Morgan fingerprint density at radius 3 is 2.84 bits per heavy atom. The molecule has 17 heteroatoms. The Labute approximate surface area is 328 Å². The van der Waals surface area contributed by atoms with Crippen molar-refractivity contribution in [3.63, 3.8) is 0 Å². The second kappa shape index (κ2) is 18.8. The van der Waals surface area contributed by atoms with E-state index in [4.69, 9.17) is 9.15 Å². The van der Waals surface area contributed by atoms with Gasteiger partial charge in [0.2, 0.25) is 11.8 Å². The van der Waals surface area contributed by atoms with Crippen molar-refractivity contribution < 1.29 is 37.8 Å². The van der Waals surface area contributed by atoms with Crippen molar-refractivity contribution >= 4 is 29.3 Å². The number of alkyl halides is 1. The quantitative estimate of drug-likeness (QED) is 0.232. The molecule has 0 aromatic carbocycles. The van der Waals surface area contributed by atoms with Crippen molar-refractivity contribution in [3.05, 3.63) is 90.6 Å². The molecule has 0 radical (unpaired) electrons. The monoisotopic (exact) mass is 785 g/mol. The number of rotatable bonds is 7. The normalized spacial score (nSPS) is 23.5. The molecule has 4 aromatic rings. The van der Waals surface area contributed by atoms with E-state index in [1.807, 2.05) is 42.6 Å². The molecule has 16 nitrogen and oxygen atoms in total. The zero-order valence-corrected chi connectivity index (χ0v) is 32.2. The Balaban J connectivity index is 1.17. The molecule has 3 N–H and O–H groups in total. The average molecular weight is 786 g/mol. The second-order valence-corrected chi connectivity index (χ2v) is 14.6. The summed E-state index contributed by atoms with van der Waals surface area (Å²) in [5, 5.41) is 24.5. The summed E-state index contributed by atoms with van der Waals surface area (Å²) < 4.78 is 29.9. The van der Waals surface area contributed by atoms with E-state index in [0.717, 1.165) is 17.6 Å². The lowest BCUT2D eigenvalue weighted by Crippen LogP contribution is -2.44. The molecule has 302 valence electrons. The van der Waals surface area contributed by atoms with Crippen LogP contribution in [0.25, 0.3) is 17.0 Å². The first-order valence-corrected chi connectivity index (χ1v) is 19.1. The van der Waals surface area contributed by atoms with E-state index in [1.165, 1.54) is 17.1 Å². The number of hydrogen-bond donors (Lipinski definition) is 3. The molecule has 0 saturated carbocycles. The zero-order chi connectivity index (χ0) is 40.5. The summed E-state index contributed by atoms with van der Waals surface area (Å²) in [5.41, 5.74) is 2.77. The van der Waals surface area contributed by atoms with Crippen molar-refractivity contribution in [2.75, 3.05) is 19.6 Å². The summed E-state index contributed by atoms with van der Waals surface area (Å²) in [7, 11) is 0. The minimum Gasteiger partial charge on any atom is -0.460 e. The fraction of sp³-hybridized carbons (Fsp3) is 0.450. The maximum Gasteiger partial charge on any atom is 0.329 e. The van der Waals surface area contributed by atoms with Crippen molar-refractivity contribution in [2.45, 2.75) is 83.8 Å². The van der Waals surface area contributed by atoms with Gasteiger partial charge in [-0.3, -0.25) is 23.5 Å². The molecular weight excluding hydrogens is 737 g/mol. The number of ether oxygens (including phenoxy) is 1. The molecule has 0 unspecified atom stereocenters. The molecule has 57 heavy (non-hydrogen) atoms. The van der Waals surface area contributed by atoms with Crippen LogP contribution in [-0.4, -0.2) is 107 Å². The maximum atomic E-state index is 14.9. The van der Waals surface area contributed by atoms with Crippen LogP contribution >= 0.6 is 0 Å². The highest BCUT2D eigenvalue weighted by Crippen LogP contribution is 2.27. The number of cyclic esters (lactones) is 1. The van der Waals surface area contributed by atoms with E-state index in [0.29, 0.717) is 30.7 Å². The SMILES string of the molecule is CC1=C[C@@H](O)C[C@@H](F)Cc2nc(co2)C(=O)N2CCC[C@@H]2C(=O)O[C@H](C(C)C)[C@H](CC(=O)NCCn2cc(-c3cnc4ccccn34)nn2)/C=C/C(=O)NCC=C1. The van der Waals surface area contributed by atoms with Gasteiger partial charge >= 0.3 is 5.97 Å². The smallest absolute Gasteiger partial charge is 0.329 e. The number of imidazole rings is 1. The van der Waals surface area contributed by atoms with Crippen LogP contribution in [0.15, 0.2) is 83.4 Å². The fourth-order valence-corrected chi connectivity index (χ4v) is 7.01. The van der Waals surface area contributed by atoms with Gasteiger partial charge < -0.3 is 29.8 Å². The zero-order valence-electron chi connectivity index (χ0n) is 32.2. The van der Waals surface area contributed by atoms with Gasteiger partial charge in [-0.25, -0.2) is 19.2 Å². The maximum absolute atomic E-state index is 14.9. The third-order valence-corrected chi connectivity index (χ3v) is 9.81. The lowest BCUT2D eigenvalue weighted by atomic mass is 9.89. The molecule has 2 aliphatic heterocycles. The first-order valence-electron chi connectivity index (χ1n) is 19.1. The number of oxazole rings is 1. The molecule has 4 aromatic heterocycles. The lowest BCUT2D eigenvalue weighted by Gasteiger charge is -2.30. The molecule has 0 spiro atoms. The molecule has 5 atom stereocenters. The average Bonchev–Trinajstić information content (AvgIpc) is 4.00. The Morgan fingerprint density at radius 1 is 1.18 bits per heavy atom. The van der Waals surface area contributed by atoms with Gasteiger partial charge in [0.15, 0.2) is 11.6 Å².